The Balaban J connectivity index is 1.81. The van der Waals surface area contributed by atoms with Gasteiger partial charge in [-0.15, -0.1) is 0 Å². The van der Waals surface area contributed by atoms with E-state index in [2.05, 4.69) is 0 Å². The smallest absolute Gasteiger partial charge is 0.244 e. The van der Waals surface area contributed by atoms with Crippen LogP contribution in [0.1, 0.15) is 18.4 Å². The van der Waals surface area contributed by atoms with Crippen LogP contribution in [0.4, 0.5) is 4.39 Å². The summed E-state index contributed by atoms with van der Waals surface area (Å²) in [5, 5.41) is 0.357. The van der Waals surface area contributed by atoms with E-state index in [0.717, 1.165) is 12.8 Å². The molecule has 1 aliphatic heterocycles. The molecule has 0 bridgehead atoms. The molecule has 1 aromatic carbocycles. The summed E-state index contributed by atoms with van der Waals surface area (Å²) in [6.45, 7) is 1.68. The molecule has 0 saturated carbocycles. The van der Waals surface area contributed by atoms with Crippen LogP contribution < -0.4 is 0 Å². The Hall–Kier alpha value is -1.32. The molecule has 5 nitrogen and oxygen atoms in total. The summed E-state index contributed by atoms with van der Waals surface area (Å²) in [5.41, 5.74) is 0.397. The largest absolute Gasteiger partial charge is 0.324 e. The van der Waals surface area contributed by atoms with Crippen LogP contribution in [0.5, 0.6) is 0 Å². The molecule has 0 unspecified atom stereocenters. The number of hydrogen-bond acceptors (Lipinski definition) is 4. The Kier molecular flexibility index (Phi) is 6.32. The summed E-state index contributed by atoms with van der Waals surface area (Å²) < 4.78 is 43.2. The number of halogens is 2. The van der Waals surface area contributed by atoms with Crippen LogP contribution in [-0.4, -0.2) is 42.3 Å². The molecule has 0 amide bonds. The van der Waals surface area contributed by atoms with Crippen molar-refractivity contribution in [1.82, 2.24) is 13.8 Å². The van der Waals surface area contributed by atoms with Gasteiger partial charge < -0.3 is 4.57 Å². The van der Waals surface area contributed by atoms with Gasteiger partial charge in [0.2, 0.25) is 10.0 Å². The van der Waals surface area contributed by atoms with Gasteiger partial charge in [0.05, 0.1) is 11.6 Å². The zero-order valence-electron chi connectivity index (χ0n) is 14.9. The van der Waals surface area contributed by atoms with Crippen LogP contribution in [0.3, 0.4) is 0 Å². The van der Waals surface area contributed by atoms with Crippen molar-refractivity contribution < 1.29 is 12.8 Å². The van der Waals surface area contributed by atoms with Gasteiger partial charge in [-0.25, -0.2) is 12.8 Å². The maximum absolute atomic E-state index is 14.0. The third-order valence-electron chi connectivity index (χ3n) is 4.54. The number of aromatic nitrogens is 1. The van der Waals surface area contributed by atoms with E-state index in [9.17, 15) is 12.8 Å². The van der Waals surface area contributed by atoms with E-state index in [0.29, 0.717) is 35.0 Å². The minimum absolute atomic E-state index is 0.218. The van der Waals surface area contributed by atoms with Crippen LogP contribution in [0.15, 0.2) is 41.4 Å². The van der Waals surface area contributed by atoms with Crippen molar-refractivity contribution in [2.75, 3.05) is 20.1 Å². The monoisotopic (exact) mass is 429 g/mol. The number of sulfonamides is 1. The first kappa shape index (κ1) is 20.4. The van der Waals surface area contributed by atoms with Crippen LogP contribution in [0, 0.1) is 10.5 Å². The first-order valence-corrected chi connectivity index (χ1v) is 10.8. The van der Waals surface area contributed by atoms with Gasteiger partial charge >= 0.3 is 0 Å². The molecule has 0 spiro atoms. The molecule has 1 fully saturated rings. The fourth-order valence-electron chi connectivity index (χ4n) is 3.11. The minimum atomic E-state index is -3.52. The van der Waals surface area contributed by atoms with Gasteiger partial charge in [0.15, 0.2) is 0 Å². The average molecular weight is 430 g/mol. The zero-order chi connectivity index (χ0) is 19.6. The molecule has 1 saturated heterocycles. The topological polar surface area (TPSA) is 45.6 Å². The van der Waals surface area contributed by atoms with Crippen LogP contribution in [0.25, 0.3) is 0 Å². The number of nitrogens with zero attached hydrogens (tertiary/aromatic N) is 3. The van der Waals surface area contributed by atoms with E-state index in [4.69, 9.17) is 23.8 Å². The van der Waals surface area contributed by atoms with E-state index in [1.54, 1.807) is 42.1 Å². The molecule has 27 heavy (non-hydrogen) atoms. The highest BCUT2D eigenvalue weighted by atomic mass is 35.5. The van der Waals surface area contributed by atoms with Crippen molar-refractivity contribution in [2.24, 2.45) is 0 Å². The highest BCUT2D eigenvalue weighted by Crippen LogP contribution is 2.22. The SMILES string of the molecule is CN(Cc1c(F)cccc1Cl)Cn1cc(S(=O)(=O)N2CCCC2)ccc1=S. The van der Waals surface area contributed by atoms with Gasteiger partial charge in [-0.3, -0.25) is 4.90 Å². The average Bonchev–Trinajstić information content (AvgIpc) is 3.15. The lowest BCUT2D eigenvalue weighted by Crippen LogP contribution is -2.29. The van der Waals surface area contributed by atoms with Crippen molar-refractivity contribution in [1.29, 1.82) is 0 Å². The summed E-state index contributed by atoms with van der Waals surface area (Å²) in [6, 6.07) is 7.72. The van der Waals surface area contributed by atoms with Gasteiger partial charge in [0, 0.05) is 36.4 Å². The summed E-state index contributed by atoms with van der Waals surface area (Å²) in [5.74, 6) is -0.372. The lowest BCUT2D eigenvalue weighted by molar-refractivity contribution is 0.254. The van der Waals surface area contributed by atoms with Gasteiger partial charge in [0.1, 0.15) is 10.5 Å². The summed E-state index contributed by atoms with van der Waals surface area (Å²) in [6.07, 6.45) is 3.31. The highest BCUT2D eigenvalue weighted by molar-refractivity contribution is 7.89. The predicted molar refractivity (Wildman–Crippen MR) is 106 cm³/mol. The normalized spacial score (nSPS) is 15.6. The second-order valence-electron chi connectivity index (χ2n) is 6.64. The molecule has 0 radical (unpaired) electrons. The van der Waals surface area contributed by atoms with E-state index in [1.165, 1.54) is 10.4 Å². The van der Waals surface area contributed by atoms with Crippen LogP contribution in [0.2, 0.25) is 5.02 Å². The fourth-order valence-corrected chi connectivity index (χ4v) is 5.05. The Labute approximate surface area is 169 Å². The zero-order valence-corrected chi connectivity index (χ0v) is 17.3. The van der Waals surface area contributed by atoms with Crippen LogP contribution >= 0.6 is 23.8 Å². The number of benzene rings is 1. The minimum Gasteiger partial charge on any atom is -0.324 e. The second-order valence-corrected chi connectivity index (χ2v) is 9.40. The lowest BCUT2D eigenvalue weighted by Gasteiger charge is -2.21. The molecule has 0 aliphatic carbocycles. The molecule has 1 aliphatic rings. The predicted octanol–water partition coefficient (Wildman–Crippen LogP) is 3.88. The fraction of sp³-hybridized carbons (Fsp3) is 0.389. The lowest BCUT2D eigenvalue weighted by atomic mass is 10.2. The molecule has 146 valence electrons. The summed E-state index contributed by atoms with van der Waals surface area (Å²) >= 11 is 11.4. The third-order valence-corrected chi connectivity index (χ3v) is 7.15. The first-order valence-electron chi connectivity index (χ1n) is 8.61. The molecular formula is C18H21ClFN3O2S2. The molecule has 2 heterocycles. The van der Waals surface area contributed by atoms with Crippen molar-refractivity contribution in [3.8, 4) is 0 Å². The number of rotatable bonds is 6. The van der Waals surface area contributed by atoms with Gasteiger partial charge in [-0.1, -0.05) is 29.9 Å². The Morgan fingerprint density at radius 2 is 1.93 bits per heavy atom. The molecule has 2 aromatic rings. The third kappa shape index (κ3) is 4.57. The van der Waals surface area contributed by atoms with Crippen molar-refractivity contribution in [3.05, 3.63) is 57.6 Å². The maximum Gasteiger partial charge on any atom is 0.244 e. The van der Waals surface area contributed by atoms with E-state index in [-0.39, 0.29) is 17.3 Å². The maximum atomic E-state index is 14.0. The molecule has 0 atom stereocenters. The van der Waals surface area contributed by atoms with Crippen LogP contribution in [-0.2, 0) is 23.2 Å². The molecular weight excluding hydrogens is 409 g/mol. The quantitative estimate of drug-likeness (QED) is 0.653. The molecule has 3 rings (SSSR count). The first-order chi connectivity index (χ1) is 12.8. The molecule has 9 heteroatoms. The summed E-state index contributed by atoms with van der Waals surface area (Å²) in [7, 11) is -1.72. The second kappa shape index (κ2) is 8.36. The number of pyridine rings is 1. The van der Waals surface area contributed by atoms with E-state index in [1.807, 2.05) is 4.90 Å². The van der Waals surface area contributed by atoms with Crippen molar-refractivity contribution >= 4 is 33.8 Å². The van der Waals surface area contributed by atoms with Gasteiger partial charge in [0.25, 0.3) is 0 Å². The molecule has 1 aromatic heterocycles. The van der Waals surface area contributed by atoms with E-state index >= 15 is 0 Å². The van der Waals surface area contributed by atoms with Crippen molar-refractivity contribution in [2.45, 2.75) is 31.0 Å². The standard InChI is InChI=1S/C18H21ClFN3O2S2/c1-21(12-15-16(19)5-4-6-17(15)20)13-22-11-14(7-8-18(22)26)27(24,25)23-9-2-3-10-23/h4-8,11H,2-3,9-10,12-13H2,1H3. The Bertz CT molecular complexity index is 968. The Morgan fingerprint density at radius 3 is 2.59 bits per heavy atom. The highest BCUT2D eigenvalue weighted by Gasteiger charge is 2.27. The summed E-state index contributed by atoms with van der Waals surface area (Å²) in [4.78, 5) is 2.04. The van der Waals surface area contributed by atoms with E-state index < -0.39 is 10.0 Å². The van der Waals surface area contributed by atoms with Crippen molar-refractivity contribution in [3.63, 3.8) is 0 Å². The number of hydrogen-bond donors (Lipinski definition) is 0. The molecule has 0 N–H and O–H groups in total. The van der Waals surface area contributed by atoms with Gasteiger partial charge in [-0.2, -0.15) is 4.31 Å². The van der Waals surface area contributed by atoms with Gasteiger partial charge in [-0.05, 0) is 44.2 Å². The Morgan fingerprint density at radius 1 is 1.22 bits per heavy atom.